The molecule has 0 aromatic heterocycles. The number of piperazine rings is 1. The van der Waals surface area contributed by atoms with Crippen LogP contribution in [0.1, 0.15) is 11.1 Å². The number of amides is 1. The van der Waals surface area contributed by atoms with Gasteiger partial charge in [-0.25, -0.2) is 4.39 Å². The summed E-state index contributed by atoms with van der Waals surface area (Å²) in [5, 5.41) is 2.92. The first-order valence-corrected chi connectivity index (χ1v) is 8.65. The zero-order chi connectivity index (χ0) is 17.6. The lowest BCUT2D eigenvalue weighted by Crippen LogP contribution is -2.45. The molecule has 1 fully saturated rings. The Balaban J connectivity index is 1.61. The topological polar surface area (TPSA) is 35.6 Å². The Kier molecular flexibility index (Phi) is 5.66. The number of carbonyl (C=O) groups is 1. The van der Waals surface area contributed by atoms with Gasteiger partial charge >= 0.3 is 0 Å². The Hall–Kier alpha value is -2.40. The van der Waals surface area contributed by atoms with Crippen LogP contribution in [-0.2, 0) is 17.8 Å². The summed E-state index contributed by atoms with van der Waals surface area (Å²) >= 11 is 0. The molecule has 1 aliphatic heterocycles. The van der Waals surface area contributed by atoms with E-state index < -0.39 is 0 Å². The molecule has 3 rings (SSSR count). The molecule has 0 spiro atoms. The van der Waals surface area contributed by atoms with Crippen LogP contribution in [0.15, 0.2) is 48.5 Å². The van der Waals surface area contributed by atoms with Crippen LogP contribution in [0.5, 0.6) is 0 Å². The molecule has 1 heterocycles. The summed E-state index contributed by atoms with van der Waals surface area (Å²) in [6.45, 7) is 4.49. The van der Waals surface area contributed by atoms with Crippen molar-refractivity contribution in [3.05, 3.63) is 65.5 Å². The van der Waals surface area contributed by atoms with Crippen LogP contribution < -0.4 is 10.2 Å². The van der Waals surface area contributed by atoms with Gasteiger partial charge in [0.25, 0.3) is 0 Å². The van der Waals surface area contributed by atoms with Crippen molar-refractivity contribution in [2.24, 2.45) is 0 Å². The standard InChI is InChI=1S/C20H24FN3O/c1-23-10-12-24(13-11-23)19-9-5-3-7-17(19)15-22-20(25)14-16-6-2-4-8-18(16)21/h2-9H,10-15H2,1H3,(H,22,25). The second kappa shape index (κ2) is 8.12. The highest BCUT2D eigenvalue weighted by molar-refractivity contribution is 5.78. The first-order valence-electron chi connectivity index (χ1n) is 8.65. The molecule has 132 valence electrons. The van der Waals surface area contributed by atoms with E-state index in [9.17, 15) is 9.18 Å². The predicted octanol–water partition coefficient (Wildman–Crippen LogP) is 2.44. The molecule has 1 amide bonds. The first-order chi connectivity index (χ1) is 12.1. The van der Waals surface area contributed by atoms with Gasteiger partial charge in [0.05, 0.1) is 6.42 Å². The second-order valence-electron chi connectivity index (χ2n) is 6.46. The molecule has 1 N–H and O–H groups in total. The molecular weight excluding hydrogens is 317 g/mol. The lowest BCUT2D eigenvalue weighted by atomic mass is 10.1. The molecule has 0 saturated carbocycles. The van der Waals surface area contributed by atoms with Crippen LogP contribution in [0.3, 0.4) is 0 Å². The first kappa shape index (κ1) is 17.4. The zero-order valence-corrected chi connectivity index (χ0v) is 14.5. The van der Waals surface area contributed by atoms with Crippen LogP contribution in [0, 0.1) is 5.82 Å². The smallest absolute Gasteiger partial charge is 0.224 e. The van der Waals surface area contributed by atoms with Crippen molar-refractivity contribution in [1.82, 2.24) is 10.2 Å². The van der Waals surface area contributed by atoms with Crippen molar-refractivity contribution >= 4 is 11.6 Å². The molecule has 1 saturated heterocycles. The number of anilines is 1. The molecule has 2 aromatic rings. The summed E-state index contributed by atoms with van der Waals surface area (Å²) in [6.07, 6.45) is 0.0589. The molecule has 25 heavy (non-hydrogen) atoms. The lowest BCUT2D eigenvalue weighted by molar-refractivity contribution is -0.120. The van der Waals surface area contributed by atoms with Crippen LogP contribution in [0.4, 0.5) is 10.1 Å². The summed E-state index contributed by atoms with van der Waals surface area (Å²) in [7, 11) is 2.13. The van der Waals surface area contributed by atoms with Gasteiger partial charge in [-0.3, -0.25) is 4.79 Å². The van der Waals surface area contributed by atoms with Gasteiger partial charge in [0, 0.05) is 38.4 Å². The minimum absolute atomic E-state index is 0.0589. The number of likely N-dealkylation sites (N-methyl/N-ethyl adjacent to an activating group) is 1. The normalized spacial score (nSPS) is 15.2. The highest BCUT2D eigenvalue weighted by Gasteiger charge is 2.17. The molecule has 1 aliphatic rings. The van der Waals surface area contributed by atoms with Gasteiger partial charge in [0.15, 0.2) is 0 Å². The fraction of sp³-hybridized carbons (Fsp3) is 0.350. The summed E-state index contributed by atoms with van der Waals surface area (Å²) in [5.41, 5.74) is 2.68. The Morgan fingerprint density at radius 2 is 1.64 bits per heavy atom. The molecular formula is C20H24FN3O. The highest BCUT2D eigenvalue weighted by Crippen LogP contribution is 2.21. The maximum absolute atomic E-state index is 13.7. The van der Waals surface area contributed by atoms with Crippen LogP contribution >= 0.6 is 0 Å². The average molecular weight is 341 g/mol. The van der Waals surface area contributed by atoms with Crippen molar-refractivity contribution in [2.45, 2.75) is 13.0 Å². The second-order valence-corrected chi connectivity index (χ2v) is 6.46. The third kappa shape index (κ3) is 4.57. The number of nitrogens with one attached hydrogen (secondary N) is 1. The van der Waals surface area contributed by atoms with Crippen LogP contribution in [-0.4, -0.2) is 44.0 Å². The van der Waals surface area contributed by atoms with E-state index in [0.29, 0.717) is 12.1 Å². The summed E-state index contributed by atoms with van der Waals surface area (Å²) in [5.74, 6) is -0.506. The van der Waals surface area contributed by atoms with E-state index >= 15 is 0 Å². The van der Waals surface area contributed by atoms with Crippen molar-refractivity contribution in [3.63, 3.8) is 0 Å². The van der Waals surface area contributed by atoms with E-state index in [1.807, 2.05) is 18.2 Å². The number of carbonyl (C=O) groups excluding carboxylic acids is 1. The Bertz CT molecular complexity index is 726. The SMILES string of the molecule is CN1CCN(c2ccccc2CNC(=O)Cc2ccccc2F)CC1. The van der Waals surface area contributed by atoms with Crippen LogP contribution in [0.25, 0.3) is 0 Å². The van der Waals surface area contributed by atoms with E-state index in [2.05, 4.69) is 28.2 Å². The molecule has 0 atom stereocenters. The number of rotatable bonds is 5. The number of halogens is 1. The van der Waals surface area contributed by atoms with Gasteiger partial charge in [0.2, 0.25) is 5.91 Å². The summed E-state index contributed by atoms with van der Waals surface area (Å²) in [4.78, 5) is 16.8. The van der Waals surface area contributed by atoms with E-state index in [1.165, 1.54) is 11.8 Å². The third-order valence-electron chi connectivity index (χ3n) is 4.62. The monoisotopic (exact) mass is 341 g/mol. The maximum atomic E-state index is 13.7. The van der Waals surface area contributed by atoms with Crippen molar-refractivity contribution < 1.29 is 9.18 Å². The number of hydrogen-bond acceptors (Lipinski definition) is 3. The average Bonchev–Trinajstić information content (AvgIpc) is 2.63. The van der Waals surface area contributed by atoms with Crippen molar-refractivity contribution in [2.75, 3.05) is 38.1 Å². The quantitative estimate of drug-likeness (QED) is 0.907. The van der Waals surface area contributed by atoms with Gasteiger partial charge in [-0.1, -0.05) is 36.4 Å². The lowest BCUT2D eigenvalue weighted by Gasteiger charge is -2.35. The van der Waals surface area contributed by atoms with Gasteiger partial charge in [-0.2, -0.15) is 0 Å². The largest absolute Gasteiger partial charge is 0.369 e. The molecule has 5 heteroatoms. The van der Waals surface area contributed by atoms with Gasteiger partial charge in [-0.05, 0) is 30.3 Å². The highest BCUT2D eigenvalue weighted by atomic mass is 19.1. The summed E-state index contributed by atoms with van der Waals surface area (Å²) in [6, 6.07) is 14.5. The molecule has 0 radical (unpaired) electrons. The zero-order valence-electron chi connectivity index (χ0n) is 14.5. The van der Waals surface area contributed by atoms with E-state index in [1.54, 1.807) is 18.2 Å². The van der Waals surface area contributed by atoms with Crippen molar-refractivity contribution in [3.8, 4) is 0 Å². The Labute approximate surface area is 148 Å². The Morgan fingerprint density at radius 3 is 2.36 bits per heavy atom. The fourth-order valence-electron chi connectivity index (χ4n) is 3.09. The number of nitrogens with zero attached hydrogens (tertiary/aromatic N) is 2. The minimum Gasteiger partial charge on any atom is -0.369 e. The molecule has 4 nitrogen and oxygen atoms in total. The molecule has 0 bridgehead atoms. The molecule has 2 aromatic carbocycles. The third-order valence-corrected chi connectivity index (χ3v) is 4.62. The Morgan fingerprint density at radius 1 is 1.00 bits per heavy atom. The van der Waals surface area contributed by atoms with E-state index in [-0.39, 0.29) is 18.1 Å². The van der Waals surface area contributed by atoms with Gasteiger partial charge in [-0.15, -0.1) is 0 Å². The van der Waals surface area contributed by atoms with Crippen molar-refractivity contribution in [1.29, 1.82) is 0 Å². The molecule has 0 aliphatic carbocycles. The van der Waals surface area contributed by atoms with E-state index in [4.69, 9.17) is 0 Å². The number of hydrogen-bond donors (Lipinski definition) is 1. The summed E-state index contributed by atoms with van der Waals surface area (Å²) < 4.78 is 13.7. The fourth-order valence-corrected chi connectivity index (χ4v) is 3.09. The maximum Gasteiger partial charge on any atom is 0.224 e. The molecule has 0 unspecified atom stereocenters. The number of para-hydroxylation sites is 1. The van der Waals surface area contributed by atoms with Crippen LogP contribution in [0.2, 0.25) is 0 Å². The van der Waals surface area contributed by atoms with Gasteiger partial charge < -0.3 is 15.1 Å². The van der Waals surface area contributed by atoms with E-state index in [0.717, 1.165) is 31.7 Å². The predicted molar refractivity (Wildman–Crippen MR) is 98.1 cm³/mol. The minimum atomic E-state index is -0.338. The van der Waals surface area contributed by atoms with Gasteiger partial charge in [0.1, 0.15) is 5.82 Å². The number of benzene rings is 2.